The zero-order valence-electron chi connectivity index (χ0n) is 13.1. The molecule has 1 aromatic rings. The number of benzene rings is 1. The molecule has 0 aromatic heterocycles. The lowest BCUT2D eigenvalue weighted by Gasteiger charge is -2.25. The Hall–Kier alpha value is -1.95. The average molecular weight is 320 g/mol. The smallest absolute Gasteiger partial charge is 0.226 e. The molecular formula is C17H21FN2O3. The lowest BCUT2D eigenvalue weighted by Crippen LogP contribution is -2.38. The molecule has 0 unspecified atom stereocenters. The second kappa shape index (κ2) is 6.66. The Kier molecular flexibility index (Phi) is 4.61. The first-order valence-electron chi connectivity index (χ1n) is 7.96. The molecule has 0 bridgehead atoms. The maximum Gasteiger partial charge on any atom is 0.226 e. The molecule has 2 aliphatic rings. The SMILES string of the molecule is CN1C(=O)C[C@H](C(=O)NC[C@@H]2CCCO2)[C@H]1c1ccc(F)cc1. The number of halogens is 1. The van der Waals surface area contributed by atoms with E-state index < -0.39 is 5.92 Å². The number of hydrogen-bond acceptors (Lipinski definition) is 3. The van der Waals surface area contributed by atoms with Crippen molar-refractivity contribution in [1.82, 2.24) is 10.2 Å². The van der Waals surface area contributed by atoms with E-state index in [2.05, 4.69) is 5.32 Å². The molecule has 2 amide bonds. The number of ether oxygens (including phenoxy) is 1. The normalized spacial score (nSPS) is 27.5. The minimum Gasteiger partial charge on any atom is -0.376 e. The van der Waals surface area contributed by atoms with Crippen molar-refractivity contribution in [2.45, 2.75) is 31.4 Å². The predicted molar refractivity (Wildman–Crippen MR) is 82.0 cm³/mol. The fourth-order valence-corrected chi connectivity index (χ4v) is 3.37. The summed E-state index contributed by atoms with van der Waals surface area (Å²) >= 11 is 0. The molecule has 2 fully saturated rings. The zero-order valence-corrected chi connectivity index (χ0v) is 13.1. The van der Waals surface area contributed by atoms with Gasteiger partial charge in [0.05, 0.1) is 18.1 Å². The molecule has 23 heavy (non-hydrogen) atoms. The number of nitrogens with zero attached hydrogens (tertiary/aromatic N) is 1. The topological polar surface area (TPSA) is 58.6 Å². The highest BCUT2D eigenvalue weighted by atomic mass is 19.1. The second-order valence-corrected chi connectivity index (χ2v) is 6.19. The van der Waals surface area contributed by atoms with Crippen molar-refractivity contribution in [1.29, 1.82) is 0 Å². The molecule has 6 heteroatoms. The van der Waals surface area contributed by atoms with E-state index >= 15 is 0 Å². The van der Waals surface area contributed by atoms with Crippen LogP contribution in [0.2, 0.25) is 0 Å². The van der Waals surface area contributed by atoms with Crippen LogP contribution in [-0.4, -0.2) is 43.0 Å². The van der Waals surface area contributed by atoms with Crippen LogP contribution in [0.15, 0.2) is 24.3 Å². The van der Waals surface area contributed by atoms with Crippen LogP contribution in [0.1, 0.15) is 30.9 Å². The van der Waals surface area contributed by atoms with Crippen LogP contribution < -0.4 is 5.32 Å². The third kappa shape index (κ3) is 3.37. The minimum absolute atomic E-state index is 0.0676. The van der Waals surface area contributed by atoms with Gasteiger partial charge in [0.1, 0.15) is 5.82 Å². The van der Waals surface area contributed by atoms with Gasteiger partial charge >= 0.3 is 0 Å². The van der Waals surface area contributed by atoms with E-state index in [1.54, 1.807) is 24.1 Å². The predicted octanol–water partition coefficient (Wildman–Crippen LogP) is 1.64. The molecule has 0 spiro atoms. The number of hydrogen-bond donors (Lipinski definition) is 1. The van der Waals surface area contributed by atoms with Gasteiger partial charge in [0.2, 0.25) is 11.8 Å². The van der Waals surface area contributed by atoms with Crippen LogP contribution >= 0.6 is 0 Å². The maximum absolute atomic E-state index is 13.1. The summed E-state index contributed by atoms with van der Waals surface area (Å²) in [4.78, 5) is 26.1. The summed E-state index contributed by atoms with van der Waals surface area (Å²) in [5.41, 5.74) is 0.775. The third-order valence-corrected chi connectivity index (χ3v) is 4.66. The highest BCUT2D eigenvalue weighted by Crippen LogP contribution is 2.37. The fourth-order valence-electron chi connectivity index (χ4n) is 3.37. The summed E-state index contributed by atoms with van der Waals surface area (Å²) in [7, 11) is 1.68. The van der Waals surface area contributed by atoms with Gasteiger partial charge in [-0.05, 0) is 30.5 Å². The van der Waals surface area contributed by atoms with E-state index in [9.17, 15) is 14.0 Å². The Labute approximate surface area is 134 Å². The summed E-state index contributed by atoms with van der Waals surface area (Å²) in [6.07, 6.45) is 2.21. The molecule has 1 aromatic carbocycles. The highest BCUT2D eigenvalue weighted by Gasteiger charge is 2.42. The van der Waals surface area contributed by atoms with Crippen molar-refractivity contribution in [2.24, 2.45) is 5.92 Å². The molecule has 1 N–H and O–H groups in total. The van der Waals surface area contributed by atoms with Crippen LogP contribution in [0, 0.1) is 11.7 Å². The molecular weight excluding hydrogens is 299 g/mol. The number of likely N-dealkylation sites (tertiary alicyclic amines) is 1. The van der Waals surface area contributed by atoms with Crippen LogP contribution in [-0.2, 0) is 14.3 Å². The summed E-state index contributed by atoms with van der Waals surface area (Å²) in [6, 6.07) is 5.62. The summed E-state index contributed by atoms with van der Waals surface area (Å²) in [5.74, 6) is -1.01. The average Bonchev–Trinajstić information content (AvgIpc) is 3.15. The van der Waals surface area contributed by atoms with Crippen LogP contribution in [0.25, 0.3) is 0 Å². The van der Waals surface area contributed by atoms with E-state index in [1.165, 1.54) is 12.1 Å². The second-order valence-electron chi connectivity index (χ2n) is 6.19. The summed E-state index contributed by atoms with van der Waals surface area (Å²) in [5, 5.41) is 2.90. The highest BCUT2D eigenvalue weighted by molar-refractivity contribution is 5.90. The Morgan fingerprint density at radius 1 is 1.39 bits per heavy atom. The molecule has 2 saturated heterocycles. The van der Waals surface area contributed by atoms with E-state index in [-0.39, 0.29) is 36.2 Å². The van der Waals surface area contributed by atoms with E-state index in [0.717, 1.165) is 25.0 Å². The van der Waals surface area contributed by atoms with Gasteiger partial charge in [-0.3, -0.25) is 9.59 Å². The first kappa shape index (κ1) is 15.9. The first-order valence-corrected chi connectivity index (χ1v) is 7.96. The van der Waals surface area contributed by atoms with Crippen molar-refractivity contribution in [2.75, 3.05) is 20.2 Å². The first-order chi connectivity index (χ1) is 11.1. The van der Waals surface area contributed by atoms with Gasteiger partial charge in [-0.2, -0.15) is 0 Å². The number of carbonyl (C=O) groups excluding carboxylic acids is 2. The third-order valence-electron chi connectivity index (χ3n) is 4.66. The van der Waals surface area contributed by atoms with Crippen LogP contribution in [0.5, 0.6) is 0 Å². The molecule has 0 aliphatic carbocycles. The van der Waals surface area contributed by atoms with Gasteiger partial charge < -0.3 is 15.0 Å². The molecule has 2 aliphatic heterocycles. The van der Waals surface area contributed by atoms with Gasteiger partial charge in [-0.15, -0.1) is 0 Å². The van der Waals surface area contributed by atoms with E-state index in [4.69, 9.17) is 4.74 Å². The summed E-state index contributed by atoms with van der Waals surface area (Å²) in [6.45, 7) is 1.22. The van der Waals surface area contributed by atoms with Gasteiger partial charge in [0.15, 0.2) is 0 Å². The minimum atomic E-state index is -0.459. The standard InChI is InChI=1S/C17H21FN2O3/c1-20-15(21)9-14(16(20)11-4-6-12(18)7-5-11)17(22)19-10-13-3-2-8-23-13/h4-7,13-14,16H,2-3,8-10H2,1H3,(H,19,22)/t13-,14-,16+/m0/s1. The van der Waals surface area contributed by atoms with Crippen LogP contribution in [0.3, 0.4) is 0 Å². The Balaban J connectivity index is 1.71. The number of amides is 2. The van der Waals surface area contributed by atoms with Gasteiger partial charge in [0.25, 0.3) is 0 Å². The maximum atomic E-state index is 13.1. The van der Waals surface area contributed by atoms with Crippen molar-refractivity contribution in [3.8, 4) is 0 Å². The molecule has 0 radical (unpaired) electrons. The van der Waals surface area contributed by atoms with Crippen molar-refractivity contribution >= 4 is 11.8 Å². The van der Waals surface area contributed by atoms with E-state index in [0.29, 0.717) is 6.54 Å². The molecule has 0 saturated carbocycles. The lowest BCUT2D eigenvalue weighted by molar-refractivity contribution is -0.128. The van der Waals surface area contributed by atoms with Gasteiger partial charge in [0, 0.05) is 26.6 Å². The van der Waals surface area contributed by atoms with Crippen molar-refractivity contribution in [3.63, 3.8) is 0 Å². The van der Waals surface area contributed by atoms with Gasteiger partial charge in [-0.25, -0.2) is 4.39 Å². The van der Waals surface area contributed by atoms with Gasteiger partial charge in [-0.1, -0.05) is 12.1 Å². The Bertz CT molecular complexity index is 584. The lowest BCUT2D eigenvalue weighted by atomic mass is 9.93. The molecule has 2 heterocycles. The van der Waals surface area contributed by atoms with Crippen molar-refractivity contribution < 1.29 is 18.7 Å². The Morgan fingerprint density at radius 2 is 2.13 bits per heavy atom. The Morgan fingerprint density at radius 3 is 2.78 bits per heavy atom. The number of carbonyl (C=O) groups is 2. The van der Waals surface area contributed by atoms with E-state index in [1.807, 2.05) is 0 Å². The molecule has 124 valence electrons. The fraction of sp³-hybridized carbons (Fsp3) is 0.529. The largest absolute Gasteiger partial charge is 0.376 e. The quantitative estimate of drug-likeness (QED) is 0.917. The number of rotatable bonds is 4. The molecule has 3 rings (SSSR count). The molecule has 5 nitrogen and oxygen atoms in total. The monoisotopic (exact) mass is 320 g/mol. The number of nitrogens with one attached hydrogen (secondary N) is 1. The zero-order chi connectivity index (χ0) is 16.4. The summed E-state index contributed by atoms with van der Waals surface area (Å²) < 4.78 is 18.6. The van der Waals surface area contributed by atoms with Crippen LogP contribution in [0.4, 0.5) is 4.39 Å². The molecule has 3 atom stereocenters. The van der Waals surface area contributed by atoms with Crippen molar-refractivity contribution in [3.05, 3.63) is 35.6 Å².